The third-order valence-electron chi connectivity index (χ3n) is 5.04. The molecule has 2 rings (SSSR count). The van der Waals surface area contributed by atoms with E-state index in [0.717, 1.165) is 44.5 Å². The van der Waals surface area contributed by atoms with E-state index in [1.807, 2.05) is 6.21 Å². The van der Waals surface area contributed by atoms with Crippen LogP contribution < -0.4 is 0 Å². The first-order valence-electron chi connectivity index (χ1n) is 8.46. The lowest BCUT2D eigenvalue weighted by Crippen LogP contribution is -2.26. The molecule has 2 heterocycles. The Morgan fingerprint density at radius 2 is 2.27 bits per heavy atom. The Bertz CT molecular complexity index is 462. The van der Waals surface area contributed by atoms with E-state index >= 15 is 0 Å². The second-order valence-corrected chi connectivity index (χ2v) is 6.60. The second-order valence-electron chi connectivity index (χ2n) is 6.60. The van der Waals surface area contributed by atoms with Crippen molar-refractivity contribution < 1.29 is 9.90 Å². The SMILES string of the molecule is [B]CCCC1CN(CC2=C(CC)C(C)CC=N2)CC1C(=O)O. The number of carbonyl (C=O) groups is 1. The van der Waals surface area contributed by atoms with Crippen molar-refractivity contribution in [2.45, 2.75) is 45.9 Å². The molecule has 5 heteroatoms. The highest BCUT2D eigenvalue weighted by Gasteiger charge is 2.37. The van der Waals surface area contributed by atoms with E-state index in [1.54, 1.807) is 0 Å². The molecule has 0 amide bonds. The molecule has 22 heavy (non-hydrogen) atoms. The number of carboxylic acid groups (broad SMARTS) is 1. The standard InChI is InChI=1S/C17H27BN2O2/c1-3-14-12(2)6-8-19-16(14)11-20-9-13(5-4-7-18)15(10-20)17(21)22/h8,12-13,15H,3-7,9-11H2,1-2H3,(H,21,22). The van der Waals surface area contributed by atoms with Crippen LogP contribution in [-0.2, 0) is 4.79 Å². The van der Waals surface area contributed by atoms with Gasteiger partial charge in [-0.1, -0.05) is 26.6 Å². The summed E-state index contributed by atoms with van der Waals surface area (Å²) >= 11 is 0. The third kappa shape index (κ3) is 4.00. The minimum absolute atomic E-state index is 0.219. The van der Waals surface area contributed by atoms with E-state index < -0.39 is 5.97 Å². The Hall–Kier alpha value is -1.10. The zero-order valence-electron chi connectivity index (χ0n) is 13.8. The first kappa shape index (κ1) is 17.3. The molecule has 0 aromatic heterocycles. The van der Waals surface area contributed by atoms with Crippen molar-refractivity contribution in [1.29, 1.82) is 0 Å². The molecule has 4 nitrogen and oxygen atoms in total. The summed E-state index contributed by atoms with van der Waals surface area (Å²) in [6, 6.07) is 0. The summed E-state index contributed by atoms with van der Waals surface area (Å²) in [6.07, 6.45) is 6.50. The minimum Gasteiger partial charge on any atom is -0.481 e. The number of carboxylic acids is 1. The van der Waals surface area contributed by atoms with Crippen LogP contribution in [0.3, 0.4) is 0 Å². The van der Waals surface area contributed by atoms with E-state index in [9.17, 15) is 9.90 Å². The number of aliphatic carboxylic acids is 1. The molecule has 3 unspecified atom stereocenters. The summed E-state index contributed by atoms with van der Waals surface area (Å²) in [5.74, 6) is -0.155. The number of hydrogen-bond donors (Lipinski definition) is 1. The molecule has 120 valence electrons. The van der Waals surface area contributed by atoms with Crippen LogP contribution in [0.1, 0.15) is 39.5 Å². The lowest BCUT2D eigenvalue weighted by Gasteiger charge is -2.24. The molecular weight excluding hydrogens is 275 g/mol. The van der Waals surface area contributed by atoms with Gasteiger partial charge in [-0.05, 0) is 36.7 Å². The Morgan fingerprint density at radius 3 is 2.91 bits per heavy atom. The molecule has 2 aliphatic rings. The van der Waals surface area contributed by atoms with Crippen molar-refractivity contribution >= 4 is 20.0 Å². The van der Waals surface area contributed by atoms with Gasteiger partial charge >= 0.3 is 5.97 Å². The van der Waals surface area contributed by atoms with E-state index in [-0.39, 0.29) is 11.8 Å². The molecule has 1 saturated heterocycles. The number of nitrogens with zero attached hydrogens (tertiary/aromatic N) is 2. The van der Waals surface area contributed by atoms with Gasteiger partial charge < -0.3 is 5.11 Å². The topological polar surface area (TPSA) is 52.9 Å². The molecule has 0 spiro atoms. The van der Waals surface area contributed by atoms with Gasteiger partial charge in [0.15, 0.2) is 0 Å². The lowest BCUT2D eigenvalue weighted by molar-refractivity contribution is -0.142. The number of aliphatic imine (C=N–C) groups is 1. The summed E-state index contributed by atoms with van der Waals surface area (Å²) < 4.78 is 0. The summed E-state index contributed by atoms with van der Waals surface area (Å²) in [6.45, 7) is 6.70. The fraction of sp³-hybridized carbons (Fsp3) is 0.765. The molecule has 0 aliphatic carbocycles. The highest BCUT2D eigenvalue weighted by atomic mass is 16.4. The molecule has 0 aromatic rings. The highest BCUT2D eigenvalue weighted by Crippen LogP contribution is 2.31. The largest absolute Gasteiger partial charge is 0.481 e. The predicted octanol–water partition coefficient (Wildman–Crippen LogP) is 2.76. The molecular formula is C17H27BN2O2. The van der Waals surface area contributed by atoms with Crippen molar-refractivity contribution in [2.24, 2.45) is 22.7 Å². The Morgan fingerprint density at radius 1 is 1.50 bits per heavy atom. The van der Waals surface area contributed by atoms with Crippen LogP contribution >= 0.6 is 0 Å². The molecule has 1 N–H and O–H groups in total. The van der Waals surface area contributed by atoms with Gasteiger partial charge in [0.1, 0.15) is 0 Å². The van der Waals surface area contributed by atoms with Crippen molar-refractivity contribution in [3.8, 4) is 0 Å². The van der Waals surface area contributed by atoms with Crippen molar-refractivity contribution in [3.63, 3.8) is 0 Å². The van der Waals surface area contributed by atoms with Gasteiger partial charge in [-0.2, -0.15) is 0 Å². The fourth-order valence-electron chi connectivity index (χ4n) is 3.78. The first-order valence-corrected chi connectivity index (χ1v) is 8.46. The molecule has 0 aromatic carbocycles. The molecule has 0 bridgehead atoms. The zero-order valence-corrected chi connectivity index (χ0v) is 13.8. The Balaban J connectivity index is 2.04. The van der Waals surface area contributed by atoms with Crippen LogP contribution in [0.15, 0.2) is 16.3 Å². The maximum absolute atomic E-state index is 11.5. The number of allylic oxidation sites excluding steroid dienone is 1. The Kier molecular flexibility index (Phi) is 6.24. The van der Waals surface area contributed by atoms with Gasteiger partial charge in [0.2, 0.25) is 0 Å². The smallest absolute Gasteiger partial charge is 0.308 e. The summed E-state index contributed by atoms with van der Waals surface area (Å²) in [5, 5.41) is 9.45. The van der Waals surface area contributed by atoms with E-state index in [4.69, 9.17) is 7.85 Å². The second kappa shape index (κ2) is 7.95. The summed E-state index contributed by atoms with van der Waals surface area (Å²) in [4.78, 5) is 18.3. The van der Waals surface area contributed by atoms with Crippen LogP contribution in [0.5, 0.6) is 0 Å². The van der Waals surface area contributed by atoms with Gasteiger partial charge in [0, 0.05) is 25.8 Å². The summed E-state index contributed by atoms with van der Waals surface area (Å²) in [5.41, 5.74) is 2.59. The molecule has 1 fully saturated rings. The fourth-order valence-corrected chi connectivity index (χ4v) is 3.78. The van der Waals surface area contributed by atoms with E-state index in [2.05, 4.69) is 23.7 Å². The molecule has 2 radical (unpaired) electrons. The maximum Gasteiger partial charge on any atom is 0.308 e. The zero-order chi connectivity index (χ0) is 16.1. The average Bonchev–Trinajstić information content (AvgIpc) is 2.88. The monoisotopic (exact) mass is 302 g/mol. The van der Waals surface area contributed by atoms with Crippen molar-refractivity contribution in [3.05, 3.63) is 11.3 Å². The molecule has 3 atom stereocenters. The van der Waals surface area contributed by atoms with Gasteiger partial charge in [-0.25, -0.2) is 0 Å². The predicted molar refractivity (Wildman–Crippen MR) is 90.4 cm³/mol. The number of rotatable bonds is 7. The van der Waals surface area contributed by atoms with E-state index in [0.29, 0.717) is 18.8 Å². The first-order chi connectivity index (χ1) is 10.6. The number of hydrogen-bond acceptors (Lipinski definition) is 3. The van der Waals surface area contributed by atoms with Crippen LogP contribution in [0, 0.1) is 17.8 Å². The Labute approximate surface area is 135 Å². The van der Waals surface area contributed by atoms with Crippen molar-refractivity contribution in [1.82, 2.24) is 4.90 Å². The normalized spacial score (nSPS) is 29.3. The lowest BCUT2D eigenvalue weighted by atomic mass is 9.88. The summed E-state index contributed by atoms with van der Waals surface area (Å²) in [7, 11) is 5.58. The van der Waals surface area contributed by atoms with Gasteiger partial charge in [0.05, 0.1) is 19.5 Å². The van der Waals surface area contributed by atoms with Crippen molar-refractivity contribution in [2.75, 3.05) is 19.6 Å². The maximum atomic E-state index is 11.5. The quantitative estimate of drug-likeness (QED) is 0.736. The average molecular weight is 302 g/mol. The van der Waals surface area contributed by atoms with E-state index in [1.165, 1.54) is 5.57 Å². The van der Waals surface area contributed by atoms with Crippen LogP contribution in [0.25, 0.3) is 0 Å². The van der Waals surface area contributed by atoms with Crippen LogP contribution in [0.2, 0.25) is 6.32 Å². The van der Waals surface area contributed by atoms with Gasteiger partial charge in [-0.3, -0.25) is 14.7 Å². The van der Waals surface area contributed by atoms with Crippen LogP contribution in [-0.4, -0.2) is 49.7 Å². The highest BCUT2D eigenvalue weighted by molar-refractivity contribution is 6.08. The molecule has 2 aliphatic heterocycles. The molecule has 0 saturated carbocycles. The third-order valence-corrected chi connectivity index (χ3v) is 5.04. The number of likely N-dealkylation sites (tertiary alicyclic amines) is 1. The minimum atomic E-state index is -0.672. The van der Waals surface area contributed by atoms with Gasteiger partial charge in [-0.15, -0.1) is 0 Å². The van der Waals surface area contributed by atoms with Gasteiger partial charge in [0.25, 0.3) is 0 Å². The van der Waals surface area contributed by atoms with Crippen LogP contribution in [0.4, 0.5) is 0 Å².